The van der Waals surface area contributed by atoms with E-state index in [1.165, 1.54) is 0 Å². The Morgan fingerprint density at radius 2 is 1.64 bits per heavy atom. The topological polar surface area (TPSA) is 109 Å². The molecular formula is C15H8N4O3. The van der Waals surface area contributed by atoms with Crippen molar-refractivity contribution >= 4 is 38.8 Å². The summed E-state index contributed by atoms with van der Waals surface area (Å²) in [5.41, 5.74) is 0.807. The Morgan fingerprint density at radius 3 is 2.32 bits per heavy atom. The van der Waals surface area contributed by atoms with Gasteiger partial charge in [0.05, 0.1) is 22.1 Å². The lowest BCUT2D eigenvalue weighted by Gasteiger charge is -2.07. The summed E-state index contributed by atoms with van der Waals surface area (Å²) in [6.07, 6.45) is 3.27. The van der Waals surface area contributed by atoms with E-state index in [4.69, 9.17) is 5.11 Å². The van der Waals surface area contributed by atoms with Crippen LogP contribution in [0.5, 0.6) is 0 Å². The number of carboxylic acid groups (broad SMARTS) is 1. The van der Waals surface area contributed by atoms with Gasteiger partial charge in [0, 0.05) is 23.2 Å². The highest BCUT2D eigenvalue weighted by Gasteiger charge is 2.17. The van der Waals surface area contributed by atoms with Gasteiger partial charge >= 0.3 is 5.97 Å². The summed E-state index contributed by atoms with van der Waals surface area (Å²) >= 11 is 0. The molecular weight excluding hydrogens is 284 g/mol. The second-order valence-corrected chi connectivity index (χ2v) is 4.74. The third-order valence-corrected chi connectivity index (χ3v) is 3.48. The van der Waals surface area contributed by atoms with Gasteiger partial charge < -0.3 is 10.1 Å². The summed E-state index contributed by atoms with van der Waals surface area (Å²) in [5.74, 6) is -1.37. The Bertz CT molecular complexity index is 1130. The standard InChI is InChI=1S/C15H8N4O3/c20-14-13(15(21)22)18-11-7-3-1-5-16-9(7)10-8(12(11)19-14)4-2-6-17-10/h1-6H,(H,19,20)(H,21,22). The predicted octanol–water partition coefficient (Wildman–Crippen LogP) is 1.72. The second-order valence-electron chi connectivity index (χ2n) is 4.74. The third kappa shape index (κ3) is 1.59. The number of aromatic amines is 1. The van der Waals surface area contributed by atoms with E-state index in [0.29, 0.717) is 32.8 Å². The monoisotopic (exact) mass is 292 g/mol. The summed E-state index contributed by atoms with van der Waals surface area (Å²) in [6.45, 7) is 0. The van der Waals surface area contributed by atoms with E-state index < -0.39 is 17.2 Å². The number of aromatic nitrogens is 4. The summed E-state index contributed by atoms with van der Waals surface area (Å²) in [6, 6.07) is 7.02. The summed E-state index contributed by atoms with van der Waals surface area (Å²) in [7, 11) is 0. The zero-order valence-corrected chi connectivity index (χ0v) is 11.1. The average molecular weight is 292 g/mol. The van der Waals surface area contributed by atoms with E-state index in [0.717, 1.165) is 0 Å². The Kier molecular flexibility index (Phi) is 2.43. The van der Waals surface area contributed by atoms with E-state index in [-0.39, 0.29) is 0 Å². The number of hydrogen-bond donors (Lipinski definition) is 2. The fourth-order valence-electron chi connectivity index (χ4n) is 2.57. The van der Waals surface area contributed by atoms with Crippen molar-refractivity contribution in [1.82, 2.24) is 19.9 Å². The molecule has 0 fully saturated rings. The lowest BCUT2D eigenvalue weighted by molar-refractivity contribution is 0.0689. The smallest absolute Gasteiger partial charge is 0.360 e. The molecule has 0 saturated carbocycles. The van der Waals surface area contributed by atoms with Gasteiger partial charge in [0.2, 0.25) is 5.69 Å². The van der Waals surface area contributed by atoms with Crippen LogP contribution < -0.4 is 5.56 Å². The molecule has 0 radical (unpaired) electrons. The highest BCUT2D eigenvalue weighted by atomic mass is 16.4. The molecule has 0 aliphatic heterocycles. The summed E-state index contributed by atoms with van der Waals surface area (Å²) in [5, 5.41) is 10.4. The minimum Gasteiger partial charge on any atom is -0.476 e. The van der Waals surface area contributed by atoms with Crippen LogP contribution in [-0.4, -0.2) is 31.0 Å². The predicted molar refractivity (Wildman–Crippen MR) is 79.9 cm³/mol. The maximum atomic E-state index is 11.9. The van der Waals surface area contributed by atoms with Crippen LogP contribution >= 0.6 is 0 Å². The molecule has 0 atom stereocenters. The fraction of sp³-hybridized carbons (Fsp3) is 0. The molecule has 0 spiro atoms. The normalized spacial score (nSPS) is 11.3. The lowest BCUT2D eigenvalue weighted by atomic mass is 10.1. The van der Waals surface area contributed by atoms with Crippen LogP contribution in [0.25, 0.3) is 32.8 Å². The van der Waals surface area contributed by atoms with Crippen LogP contribution in [-0.2, 0) is 0 Å². The Balaban J connectivity index is 2.38. The zero-order chi connectivity index (χ0) is 15.3. The van der Waals surface area contributed by atoms with E-state index in [2.05, 4.69) is 19.9 Å². The molecule has 0 bridgehead atoms. The van der Waals surface area contributed by atoms with E-state index in [9.17, 15) is 9.59 Å². The number of aromatic carboxylic acids is 1. The molecule has 106 valence electrons. The SMILES string of the molecule is O=C(O)c1nc2c3cccnc3c3ncccc3c2[nH]c1=O. The minimum absolute atomic E-state index is 0.389. The van der Waals surface area contributed by atoms with Crippen LogP contribution in [0, 0.1) is 0 Å². The van der Waals surface area contributed by atoms with Gasteiger partial charge in [-0.2, -0.15) is 0 Å². The van der Waals surface area contributed by atoms with Crippen molar-refractivity contribution in [3.8, 4) is 0 Å². The third-order valence-electron chi connectivity index (χ3n) is 3.48. The summed E-state index contributed by atoms with van der Waals surface area (Å²) < 4.78 is 0. The molecule has 2 N–H and O–H groups in total. The van der Waals surface area contributed by atoms with Gasteiger partial charge in [0.25, 0.3) is 5.56 Å². The van der Waals surface area contributed by atoms with Crippen LogP contribution in [0.4, 0.5) is 0 Å². The molecule has 4 rings (SSSR count). The number of nitrogens with one attached hydrogen (secondary N) is 1. The van der Waals surface area contributed by atoms with Crippen molar-refractivity contribution in [2.24, 2.45) is 0 Å². The summed E-state index contributed by atoms with van der Waals surface area (Å²) in [4.78, 5) is 38.4. The quantitative estimate of drug-likeness (QED) is 0.517. The number of carboxylic acids is 1. The highest BCUT2D eigenvalue weighted by molar-refractivity contribution is 6.20. The number of H-pyrrole nitrogens is 1. The van der Waals surface area contributed by atoms with Gasteiger partial charge in [-0.25, -0.2) is 9.78 Å². The molecule has 0 amide bonds. The van der Waals surface area contributed by atoms with Crippen molar-refractivity contribution in [3.05, 3.63) is 52.7 Å². The Morgan fingerprint density at radius 1 is 1.00 bits per heavy atom. The zero-order valence-electron chi connectivity index (χ0n) is 11.1. The van der Waals surface area contributed by atoms with E-state index >= 15 is 0 Å². The number of nitrogens with zero attached hydrogens (tertiary/aromatic N) is 3. The number of hydrogen-bond acceptors (Lipinski definition) is 5. The van der Waals surface area contributed by atoms with Crippen molar-refractivity contribution < 1.29 is 9.90 Å². The molecule has 3 heterocycles. The average Bonchev–Trinajstić information content (AvgIpc) is 2.54. The number of fused-ring (bicyclic) bond motifs is 6. The van der Waals surface area contributed by atoms with Gasteiger partial charge in [0.15, 0.2) is 0 Å². The maximum Gasteiger partial charge on any atom is 0.360 e. The second kappa shape index (κ2) is 4.32. The van der Waals surface area contributed by atoms with Gasteiger partial charge in [-0.05, 0) is 24.3 Å². The maximum absolute atomic E-state index is 11.9. The largest absolute Gasteiger partial charge is 0.476 e. The first kappa shape index (κ1) is 12.4. The molecule has 4 aromatic rings. The van der Waals surface area contributed by atoms with Gasteiger partial charge in [-0.1, -0.05) is 0 Å². The number of rotatable bonds is 1. The van der Waals surface area contributed by atoms with Crippen LogP contribution in [0.1, 0.15) is 10.5 Å². The molecule has 7 nitrogen and oxygen atoms in total. The molecule has 0 aliphatic rings. The molecule has 3 aromatic heterocycles. The molecule has 1 aromatic carbocycles. The Labute approximate surface area is 122 Å². The van der Waals surface area contributed by atoms with E-state index in [1.54, 1.807) is 36.7 Å². The number of carbonyl (C=O) groups is 1. The van der Waals surface area contributed by atoms with Crippen LogP contribution in [0.2, 0.25) is 0 Å². The van der Waals surface area contributed by atoms with Gasteiger partial charge in [0.1, 0.15) is 0 Å². The van der Waals surface area contributed by atoms with Crippen molar-refractivity contribution in [1.29, 1.82) is 0 Å². The van der Waals surface area contributed by atoms with Crippen molar-refractivity contribution in [2.75, 3.05) is 0 Å². The van der Waals surface area contributed by atoms with E-state index in [1.807, 2.05) is 0 Å². The van der Waals surface area contributed by atoms with Crippen LogP contribution in [0.3, 0.4) is 0 Å². The first-order valence-electron chi connectivity index (χ1n) is 6.45. The first-order valence-corrected chi connectivity index (χ1v) is 6.45. The van der Waals surface area contributed by atoms with Gasteiger partial charge in [-0.15, -0.1) is 0 Å². The molecule has 22 heavy (non-hydrogen) atoms. The lowest BCUT2D eigenvalue weighted by Crippen LogP contribution is -2.20. The number of pyridine rings is 2. The minimum atomic E-state index is -1.37. The molecule has 0 unspecified atom stereocenters. The fourth-order valence-corrected chi connectivity index (χ4v) is 2.57. The van der Waals surface area contributed by atoms with Crippen molar-refractivity contribution in [3.63, 3.8) is 0 Å². The Hall–Kier alpha value is -3.35. The molecule has 0 aliphatic carbocycles. The molecule has 0 saturated heterocycles. The first-order chi connectivity index (χ1) is 10.7. The van der Waals surface area contributed by atoms with Gasteiger partial charge in [-0.3, -0.25) is 14.8 Å². The van der Waals surface area contributed by atoms with Crippen LogP contribution in [0.15, 0.2) is 41.5 Å². The highest BCUT2D eigenvalue weighted by Crippen LogP contribution is 2.29. The molecule has 7 heteroatoms. The van der Waals surface area contributed by atoms with Crippen molar-refractivity contribution in [2.45, 2.75) is 0 Å². The number of benzene rings is 1.